The zero-order valence-corrected chi connectivity index (χ0v) is 8.84. The molecule has 1 aliphatic carbocycles. The number of nitrogens with two attached hydrogens (primary N) is 1. The van der Waals surface area contributed by atoms with Crippen LogP contribution in [0.15, 0.2) is 6.33 Å². The van der Waals surface area contributed by atoms with Crippen LogP contribution in [0.3, 0.4) is 0 Å². The second-order valence-corrected chi connectivity index (χ2v) is 4.32. The fourth-order valence-corrected chi connectivity index (χ4v) is 2.08. The van der Waals surface area contributed by atoms with Gasteiger partial charge in [-0.05, 0) is 25.2 Å². The summed E-state index contributed by atoms with van der Waals surface area (Å²) in [6.07, 6.45) is 5.68. The van der Waals surface area contributed by atoms with Crippen molar-refractivity contribution in [3.8, 4) is 0 Å². The van der Waals surface area contributed by atoms with Crippen LogP contribution >= 0.6 is 0 Å². The third kappa shape index (κ3) is 2.54. The van der Waals surface area contributed by atoms with Crippen molar-refractivity contribution in [1.82, 2.24) is 14.8 Å². The number of nitrogens with zero attached hydrogens (tertiary/aromatic N) is 3. The number of rotatable bonds is 5. The minimum Gasteiger partial charge on any atom is -0.396 e. The molecule has 0 bridgehead atoms. The average Bonchev–Trinajstić information content (AvgIpc) is 2.60. The first-order valence-corrected chi connectivity index (χ1v) is 5.52. The molecule has 0 radical (unpaired) electrons. The number of hydrogen-bond donors (Lipinski definition) is 2. The third-order valence-electron chi connectivity index (χ3n) is 3.00. The predicted octanol–water partition coefficient (Wildman–Crippen LogP) is -0.0597. The van der Waals surface area contributed by atoms with Crippen molar-refractivity contribution < 1.29 is 5.11 Å². The van der Waals surface area contributed by atoms with Crippen LogP contribution in [-0.2, 0) is 13.0 Å². The maximum Gasteiger partial charge on any atom is 0.133 e. The van der Waals surface area contributed by atoms with E-state index < -0.39 is 0 Å². The monoisotopic (exact) mass is 210 g/mol. The van der Waals surface area contributed by atoms with E-state index in [1.54, 1.807) is 6.33 Å². The Morgan fingerprint density at radius 3 is 3.00 bits per heavy atom. The highest BCUT2D eigenvalue weighted by Crippen LogP contribution is 2.28. The molecule has 1 saturated carbocycles. The molecule has 0 atom stereocenters. The van der Waals surface area contributed by atoms with Gasteiger partial charge in [0.1, 0.15) is 12.2 Å². The molecule has 0 amide bonds. The maximum absolute atomic E-state index is 8.76. The van der Waals surface area contributed by atoms with Crippen LogP contribution < -0.4 is 5.73 Å². The summed E-state index contributed by atoms with van der Waals surface area (Å²) in [4.78, 5) is 0. The Balaban J connectivity index is 1.87. The van der Waals surface area contributed by atoms with Gasteiger partial charge < -0.3 is 15.4 Å². The number of hydrogen-bond acceptors (Lipinski definition) is 4. The summed E-state index contributed by atoms with van der Waals surface area (Å²) in [5.41, 5.74) is 5.74. The lowest BCUT2D eigenvalue weighted by Crippen LogP contribution is -2.37. The summed E-state index contributed by atoms with van der Waals surface area (Å²) >= 11 is 0. The van der Waals surface area contributed by atoms with Gasteiger partial charge in [-0.25, -0.2) is 0 Å². The largest absolute Gasteiger partial charge is 0.396 e. The molecule has 0 saturated heterocycles. The van der Waals surface area contributed by atoms with Crippen LogP contribution in [0.4, 0.5) is 0 Å². The molecule has 5 nitrogen and oxygen atoms in total. The predicted molar refractivity (Wildman–Crippen MR) is 56.1 cm³/mol. The molecule has 5 heteroatoms. The van der Waals surface area contributed by atoms with Crippen LogP contribution in [0, 0.1) is 5.92 Å². The van der Waals surface area contributed by atoms with Gasteiger partial charge in [0.25, 0.3) is 0 Å². The summed E-state index contributed by atoms with van der Waals surface area (Å²) in [6.45, 7) is 1.02. The molecule has 84 valence electrons. The fraction of sp³-hybridized carbons (Fsp3) is 0.800. The molecule has 15 heavy (non-hydrogen) atoms. The van der Waals surface area contributed by atoms with Crippen molar-refractivity contribution in [2.24, 2.45) is 11.7 Å². The quantitative estimate of drug-likeness (QED) is 0.714. The summed E-state index contributed by atoms with van der Waals surface area (Å²) in [5, 5.41) is 16.8. The third-order valence-corrected chi connectivity index (χ3v) is 3.00. The lowest BCUT2D eigenvalue weighted by molar-refractivity contribution is 0.254. The topological polar surface area (TPSA) is 77.0 Å². The Morgan fingerprint density at radius 2 is 2.33 bits per heavy atom. The van der Waals surface area contributed by atoms with Gasteiger partial charge in [0, 0.05) is 25.6 Å². The maximum atomic E-state index is 8.76. The summed E-state index contributed by atoms with van der Waals surface area (Å²) in [5.74, 6) is 1.71. The number of aryl methyl sites for hydroxylation is 1. The zero-order chi connectivity index (χ0) is 10.7. The molecular weight excluding hydrogens is 192 g/mol. The smallest absolute Gasteiger partial charge is 0.133 e. The second kappa shape index (κ2) is 4.72. The van der Waals surface area contributed by atoms with Gasteiger partial charge in [-0.3, -0.25) is 0 Å². The molecule has 3 N–H and O–H groups in total. The van der Waals surface area contributed by atoms with Gasteiger partial charge in [-0.2, -0.15) is 0 Å². The Bertz CT molecular complexity index is 306. The van der Waals surface area contributed by atoms with Crippen LogP contribution in [0.2, 0.25) is 0 Å². The Labute approximate surface area is 89.3 Å². The number of aromatic nitrogens is 3. The SMILES string of the molecule is NC1CC(Cc2nncn2CCCO)C1. The molecule has 1 fully saturated rings. The molecule has 1 aromatic heterocycles. The highest BCUT2D eigenvalue weighted by molar-refractivity contribution is 4.94. The minimum absolute atomic E-state index is 0.214. The highest BCUT2D eigenvalue weighted by Gasteiger charge is 2.27. The number of aliphatic hydroxyl groups is 1. The molecule has 1 aliphatic rings. The van der Waals surface area contributed by atoms with Crippen LogP contribution in [0.1, 0.15) is 25.1 Å². The standard InChI is InChI=1S/C10H18N4O/c11-9-4-8(5-9)6-10-13-12-7-14(10)2-1-3-15/h7-9,15H,1-6,11H2. The van der Waals surface area contributed by atoms with Crippen molar-refractivity contribution >= 4 is 0 Å². The van der Waals surface area contributed by atoms with Crippen molar-refractivity contribution in [1.29, 1.82) is 0 Å². The van der Waals surface area contributed by atoms with E-state index in [9.17, 15) is 0 Å². The van der Waals surface area contributed by atoms with Gasteiger partial charge in [0.05, 0.1) is 0 Å². The molecule has 0 aliphatic heterocycles. The van der Waals surface area contributed by atoms with Crippen LogP contribution in [-0.4, -0.2) is 32.5 Å². The fourth-order valence-electron chi connectivity index (χ4n) is 2.08. The second-order valence-electron chi connectivity index (χ2n) is 4.32. The lowest BCUT2D eigenvalue weighted by atomic mass is 9.79. The number of aliphatic hydroxyl groups excluding tert-OH is 1. The van der Waals surface area contributed by atoms with Gasteiger partial charge in [0.15, 0.2) is 0 Å². The van der Waals surface area contributed by atoms with Gasteiger partial charge in [0.2, 0.25) is 0 Å². The highest BCUT2D eigenvalue weighted by atomic mass is 16.3. The molecule has 1 aromatic rings. The van der Waals surface area contributed by atoms with Crippen molar-refractivity contribution in [3.63, 3.8) is 0 Å². The van der Waals surface area contributed by atoms with E-state index in [1.807, 2.05) is 4.57 Å². The Hall–Kier alpha value is -0.940. The first-order valence-electron chi connectivity index (χ1n) is 5.52. The molecule has 2 rings (SSSR count). The summed E-state index contributed by atoms with van der Waals surface area (Å²) in [7, 11) is 0. The first kappa shape index (κ1) is 10.6. The van der Waals surface area contributed by atoms with Gasteiger partial charge in [-0.1, -0.05) is 0 Å². The normalized spacial score (nSPS) is 25.2. The Morgan fingerprint density at radius 1 is 1.53 bits per heavy atom. The van der Waals surface area contributed by atoms with E-state index >= 15 is 0 Å². The summed E-state index contributed by atoms with van der Waals surface area (Å²) < 4.78 is 2.03. The Kier molecular flexibility index (Phi) is 3.33. The van der Waals surface area contributed by atoms with E-state index in [1.165, 1.54) is 0 Å². The van der Waals surface area contributed by atoms with E-state index in [4.69, 9.17) is 10.8 Å². The van der Waals surface area contributed by atoms with Gasteiger partial charge >= 0.3 is 0 Å². The van der Waals surface area contributed by atoms with E-state index in [-0.39, 0.29) is 6.61 Å². The van der Waals surface area contributed by atoms with Crippen molar-refractivity contribution in [2.45, 2.75) is 38.3 Å². The first-order chi connectivity index (χ1) is 7.29. The lowest BCUT2D eigenvalue weighted by Gasteiger charge is -2.32. The zero-order valence-electron chi connectivity index (χ0n) is 8.84. The van der Waals surface area contributed by atoms with Crippen molar-refractivity contribution in [3.05, 3.63) is 12.2 Å². The molecular formula is C10H18N4O. The van der Waals surface area contributed by atoms with E-state index in [0.717, 1.165) is 38.1 Å². The van der Waals surface area contributed by atoms with E-state index in [0.29, 0.717) is 12.0 Å². The van der Waals surface area contributed by atoms with E-state index in [2.05, 4.69) is 10.2 Å². The summed E-state index contributed by atoms with van der Waals surface area (Å²) in [6, 6.07) is 0.392. The van der Waals surface area contributed by atoms with Gasteiger partial charge in [-0.15, -0.1) is 10.2 Å². The minimum atomic E-state index is 0.214. The molecule has 0 unspecified atom stereocenters. The van der Waals surface area contributed by atoms with Crippen molar-refractivity contribution in [2.75, 3.05) is 6.61 Å². The molecule has 0 spiro atoms. The molecule has 0 aromatic carbocycles. The van der Waals surface area contributed by atoms with Crippen LogP contribution in [0.25, 0.3) is 0 Å². The van der Waals surface area contributed by atoms with Crippen LogP contribution in [0.5, 0.6) is 0 Å². The molecule has 1 heterocycles. The average molecular weight is 210 g/mol.